The summed E-state index contributed by atoms with van der Waals surface area (Å²) in [6, 6.07) is 4.87. The van der Waals surface area contributed by atoms with Gasteiger partial charge in [-0.25, -0.2) is 4.39 Å². The molecule has 0 spiro atoms. The average molecular weight is 298 g/mol. The van der Waals surface area contributed by atoms with Crippen molar-refractivity contribution in [1.29, 1.82) is 0 Å². The maximum atomic E-state index is 13.9. The van der Waals surface area contributed by atoms with E-state index < -0.39 is 0 Å². The zero-order valence-corrected chi connectivity index (χ0v) is 12.6. The van der Waals surface area contributed by atoms with E-state index in [0.29, 0.717) is 4.90 Å². The minimum absolute atomic E-state index is 0.171. The Labute approximate surface area is 119 Å². The van der Waals surface area contributed by atoms with E-state index in [1.165, 1.54) is 29.2 Å². The third kappa shape index (κ3) is 3.43. The smallest absolute Gasteiger partial charge is 0.208 e. The first-order valence-electron chi connectivity index (χ1n) is 5.71. The SMILES string of the molecule is C[C@@H](N)c1ccc(Sc2nnc(N(C)C)s2)c(F)c1. The molecule has 1 heterocycles. The number of hydrogen-bond donors (Lipinski definition) is 1. The standard InChI is InChI=1S/C12H15FN4S2/c1-7(14)8-4-5-10(9(13)6-8)18-12-16-15-11(19-12)17(2)3/h4-7H,14H2,1-3H3/t7-/m1/s1. The monoisotopic (exact) mass is 298 g/mol. The van der Waals surface area contributed by atoms with Crippen molar-refractivity contribution in [1.82, 2.24) is 10.2 Å². The highest BCUT2D eigenvalue weighted by Crippen LogP contribution is 2.34. The second kappa shape index (κ2) is 5.85. The molecule has 2 N–H and O–H groups in total. The van der Waals surface area contributed by atoms with Crippen LogP contribution in [0.3, 0.4) is 0 Å². The van der Waals surface area contributed by atoms with E-state index in [0.717, 1.165) is 15.0 Å². The summed E-state index contributed by atoms with van der Waals surface area (Å²) in [6.07, 6.45) is 0. The molecule has 0 amide bonds. The van der Waals surface area contributed by atoms with Gasteiger partial charge in [-0.15, -0.1) is 10.2 Å². The maximum absolute atomic E-state index is 13.9. The lowest BCUT2D eigenvalue weighted by atomic mass is 10.1. The van der Waals surface area contributed by atoms with Crippen LogP contribution in [0.2, 0.25) is 0 Å². The lowest BCUT2D eigenvalue weighted by Crippen LogP contribution is -2.07. The molecule has 0 fully saturated rings. The van der Waals surface area contributed by atoms with Crippen molar-refractivity contribution >= 4 is 28.2 Å². The predicted octanol–water partition coefficient (Wildman–Crippen LogP) is 2.91. The zero-order valence-electron chi connectivity index (χ0n) is 10.9. The third-order valence-electron chi connectivity index (χ3n) is 2.46. The van der Waals surface area contributed by atoms with Crippen molar-refractivity contribution in [3.8, 4) is 0 Å². The fourth-order valence-electron chi connectivity index (χ4n) is 1.40. The molecule has 1 aromatic carbocycles. The first-order chi connectivity index (χ1) is 8.97. The number of rotatable bonds is 4. The van der Waals surface area contributed by atoms with E-state index >= 15 is 0 Å². The molecule has 4 nitrogen and oxygen atoms in total. The molecule has 0 radical (unpaired) electrons. The zero-order chi connectivity index (χ0) is 14.0. The van der Waals surface area contributed by atoms with Crippen LogP contribution in [-0.2, 0) is 0 Å². The molecular formula is C12H15FN4S2. The molecule has 102 valence electrons. The van der Waals surface area contributed by atoms with Gasteiger partial charge in [0.15, 0.2) is 4.34 Å². The first-order valence-corrected chi connectivity index (χ1v) is 7.34. The van der Waals surface area contributed by atoms with E-state index in [1.807, 2.05) is 32.0 Å². The van der Waals surface area contributed by atoms with Crippen LogP contribution in [-0.4, -0.2) is 24.3 Å². The van der Waals surface area contributed by atoms with Gasteiger partial charge in [-0.05, 0) is 24.6 Å². The summed E-state index contributed by atoms with van der Waals surface area (Å²) in [5.41, 5.74) is 6.51. The number of benzene rings is 1. The Bertz CT molecular complexity index is 569. The molecule has 0 saturated carbocycles. The lowest BCUT2D eigenvalue weighted by Gasteiger charge is -2.07. The summed E-state index contributed by atoms with van der Waals surface area (Å²) in [5, 5.41) is 8.85. The molecular weight excluding hydrogens is 283 g/mol. The van der Waals surface area contributed by atoms with Crippen LogP contribution in [0.5, 0.6) is 0 Å². The number of aromatic nitrogens is 2. The topological polar surface area (TPSA) is 55.0 Å². The second-order valence-electron chi connectivity index (χ2n) is 4.33. The Kier molecular flexibility index (Phi) is 4.38. The Balaban J connectivity index is 2.18. The molecule has 19 heavy (non-hydrogen) atoms. The van der Waals surface area contributed by atoms with Gasteiger partial charge in [0.05, 0.1) is 4.90 Å². The average Bonchev–Trinajstić information content (AvgIpc) is 2.80. The van der Waals surface area contributed by atoms with E-state index in [9.17, 15) is 4.39 Å². The molecule has 0 unspecified atom stereocenters. The molecule has 0 bridgehead atoms. The maximum Gasteiger partial charge on any atom is 0.208 e. The summed E-state index contributed by atoms with van der Waals surface area (Å²) in [6.45, 7) is 1.83. The van der Waals surface area contributed by atoms with Gasteiger partial charge in [-0.3, -0.25) is 0 Å². The predicted molar refractivity (Wildman–Crippen MR) is 77.4 cm³/mol. The summed E-state index contributed by atoms with van der Waals surface area (Å²) >= 11 is 2.71. The molecule has 0 aliphatic rings. The molecule has 0 aliphatic heterocycles. The van der Waals surface area contributed by atoms with E-state index in [4.69, 9.17) is 5.73 Å². The van der Waals surface area contributed by atoms with Gasteiger partial charge in [-0.2, -0.15) is 0 Å². The van der Waals surface area contributed by atoms with Gasteiger partial charge in [0.2, 0.25) is 5.13 Å². The lowest BCUT2D eigenvalue weighted by molar-refractivity contribution is 0.596. The summed E-state index contributed by atoms with van der Waals surface area (Å²) in [5.74, 6) is -0.276. The summed E-state index contributed by atoms with van der Waals surface area (Å²) in [7, 11) is 3.79. The van der Waals surface area contributed by atoms with Gasteiger partial charge < -0.3 is 10.6 Å². The highest BCUT2D eigenvalue weighted by atomic mass is 32.2. The molecule has 7 heteroatoms. The second-order valence-corrected chi connectivity index (χ2v) is 6.57. The quantitative estimate of drug-likeness (QED) is 0.940. The molecule has 2 rings (SSSR count). The van der Waals surface area contributed by atoms with Crippen molar-refractivity contribution in [2.75, 3.05) is 19.0 Å². The number of hydrogen-bond acceptors (Lipinski definition) is 6. The highest BCUT2D eigenvalue weighted by molar-refractivity contribution is 8.01. The van der Waals surface area contributed by atoms with Crippen molar-refractivity contribution in [2.45, 2.75) is 22.2 Å². The minimum atomic E-state index is -0.276. The molecule has 0 saturated heterocycles. The Hall–Kier alpha value is -1.18. The van der Waals surface area contributed by atoms with E-state index in [1.54, 1.807) is 6.07 Å². The van der Waals surface area contributed by atoms with Gasteiger partial charge in [-0.1, -0.05) is 29.2 Å². The largest absolute Gasteiger partial charge is 0.353 e. The molecule has 2 aromatic rings. The van der Waals surface area contributed by atoms with Crippen LogP contribution in [0.4, 0.5) is 9.52 Å². The van der Waals surface area contributed by atoms with Crippen molar-refractivity contribution in [2.24, 2.45) is 5.73 Å². The minimum Gasteiger partial charge on any atom is -0.353 e. The van der Waals surface area contributed by atoms with Gasteiger partial charge >= 0.3 is 0 Å². The number of nitrogens with two attached hydrogens (primary N) is 1. The fourth-order valence-corrected chi connectivity index (χ4v) is 3.13. The number of nitrogens with zero attached hydrogens (tertiary/aromatic N) is 3. The molecule has 1 aromatic heterocycles. The Morgan fingerprint density at radius 1 is 1.37 bits per heavy atom. The Morgan fingerprint density at radius 3 is 2.63 bits per heavy atom. The van der Waals surface area contributed by atoms with Crippen molar-refractivity contribution < 1.29 is 4.39 Å². The molecule has 1 atom stereocenters. The summed E-state index contributed by atoms with van der Waals surface area (Å²) < 4.78 is 14.6. The van der Waals surface area contributed by atoms with Gasteiger partial charge in [0, 0.05) is 20.1 Å². The van der Waals surface area contributed by atoms with Gasteiger partial charge in [0.25, 0.3) is 0 Å². The van der Waals surface area contributed by atoms with Crippen LogP contribution in [0, 0.1) is 5.82 Å². The van der Waals surface area contributed by atoms with Crippen LogP contribution in [0.1, 0.15) is 18.5 Å². The normalized spacial score (nSPS) is 12.5. The first kappa shape index (κ1) is 14.2. The van der Waals surface area contributed by atoms with E-state index in [-0.39, 0.29) is 11.9 Å². The van der Waals surface area contributed by atoms with Crippen LogP contribution < -0.4 is 10.6 Å². The number of halogens is 1. The van der Waals surface area contributed by atoms with Crippen molar-refractivity contribution in [3.05, 3.63) is 29.6 Å². The van der Waals surface area contributed by atoms with E-state index in [2.05, 4.69) is 10.2 Å². The third-order valence-corrected chi connectivity index (χ3v) is 4.65. The number of anilines is 1. The fraction of sp³-hybridized carbons (Fsp3) is 0.333. The van der Waals surface area contributed by atoms with Gasteiger partial charge in [0.1, 0.15) is 5.82 Å². The van der Waals surface area contributed by atoms with Crippen LogP contribution in [0.15, 0.2) is 27.4 Å². The van der Waals surface area contributed by atoms with Crippen LogP contribution >= 0.6 is 23.1 Å². The van der Waals surface area contributed by atoms with Crippen molar-refractivity contribution in [3.63, 3.8) is 0 Å². The Morgan fingerprint density at radius 2 is 2.11 bits per heavy atom. The van der Waals surface area contributed by atoms with Crippen LogP contribution in [0.25, 0.3) is 0 Å². The summed E-state index contributed by atoms with van der Waals surface area (Å²) in [4.78, 5) is 2.41. The molecule has 0 aliphatic carbocycles. The highest BCUT2D eigenvalue weighted by Gasteiger charge is 2.11.